The lowest BCUT2D eigenvalue weighted by molar-refractivity contribution is 0.149. The topological polar surface area (TPSA) is 9.72 Å². The van der Waals surface area contributed by atoms with E-state index >= 15 is 0 Å². The summed E-state index contributed by atoms with van der Waals surface area (Å²) in [5.41, 5.74) is 0. The Kier molecular flexibility index (Phi) is 8.83. The van der Waals surface area contributed by atoms with Gasteiger partial charge in [-0.3, -0.25) is 4.90 Å². The molecule has 0 aliphatic carbocycles. The van der Waals surface area contributed by atoms with Crippen LogP contribution in [0.4, 0.5) is 0 Å². The summed E-state index contributed by atoms with van der Waals surface area (Å²) >= 11 is 0. The van der Waals surface area contributed by atoms with Gasteiger partial charge in [-0.2, -0.15) is 0 Å². The third kappa shape index (κ3) is 7.34. The maximum Gasteiger partial charge on any atom is 0.0113 e. The van der Waals surface area contributed by atoms with Crippen molar-refractivity contribution in [3.05, 3.63) is 0 Å². The predicted octanol–water partition coefficient (Wildman–Crippen LogP) is 2.38. The van der Waals surface area contributed by atoms with Crippen LogP contribution in [0.25, 0.3) is 0 Å². The van der Waals surface area contributed by atoms with E-state index in [0.29, 0.717) is 18.1 Å². The van der Waals surface area contributed by atoms with E-state index in [0.717, 1.165) is 26.2 Å². The first-order chi connectivity index (χ1) is 8.25. The average Bonchev–Trinajstić information content (AvgIpc) is 2.27. The summed E-state index contributed by atoms with van der Waals surface area (Å²) in [6.45, 7) is 18.3. The summed E-state index contributed by atoms with van der Waals surface area (Å²) in [6.07, 6.45) is 0. The molecule has 0 saturated heterocycles. The number of likely N-dealkylation sites (N-methyl/N-ethyl adjacent to an activating group) is 2. The second-order valence-corrected chi connectivity index (χ2v) is 6.28. The van der Waals surface area contributed by atoms with Gasteiger partial charge in [0.1, 0.15) is 0 Å². The second-order valence-electron chi connectivity index (χ2n) is 6.28. The molecule has 0 spiro atoms. The van der Waals surface area contributed by atoms with Gasteiger partial charge in [0.2, 0.25) is 0 Å². The molecule has 110 valence electrons. The molecule has 0 radical (unpaired) electrons. The zero-order chi connectivity index (χ0) is 14.3. The molecule has 0 N–H and O–H groups in total. The SMILES string of the molecule is CC(C)N(C)CCN(CCN(C)C(C)C)C(C)C. The molecule has 3 nitrogen and oxygen atoms in total. The van der Waals surface area contributed by atoms with Crippen molar-refractivity contribution in [3.8, 4) is 0 Å². The van der Waals surface area contributed by atoms with Crippen LogP contribution in [0.15, 0.2) is 0 Å². The van der Waals surface area contributed by atoms with Crippen LogP contribution >= 0.6 is 0 Å². The van der Waals surface area contributed by atoms with E-state index < -0.39 is 0 Å². The standard InChI is InChI=1S/C15H35N3/c1-13(2)16(7)9-11-18(15(5)6)12-10-17(8)14(3)4/h13-15H,9-12H2,1-8H3. The Bertz CT molecular complexity index is 184. The highest BCUT2D eigenvalue weighted by Crippen LogP contribution is 2.02. The highest BCUT2D eigenvalue weighted by Gasteiger charge is 2.13. The van der Waals surface area contributed by atoms with Gasteiger partial charge in [0.25, 0.3) is 0 Å². The summed E-state index contributed by atoms with van der Waals surface area (Å²) in [7, 11) is 4.42. The van der Waals surface area contributed by atoms with Crippen molar-refractivity contribution in [2.45, 2.75) is 59.7 Å². The van der Waals surface area contributed by atoms with Gasteiger partial charge < -0.3 is 9.80 Å². The molecule has 0 amide bonds. The van der Waals surface area contributed by atoms with Crippen molar-refractivity contribution in [1.29, 1.82) is 0 Å². The highest BCUT2D eigenvalue weighted by molar-refractivity contribution is 4.69. The van der Waals surface area contributed by atoms with Crippen LogP contribution < -0.4 is 0 Å². The van der Waals surface area contributed by atoms with Crippen molar-refractivity contribution < 1.29 is 0 Å². The lowest BCUT2D eigenvalue weighted by atomic mass is 10.2. The van der Waals surface area contributed by atoms with Gasteiger partial charge in [-0.25, -0.2) is 0 Å². The minimum absolute atomic E-state index is 0.631. The maximum atomic E-state index is 2.58. The fraction of sp³-hybridized carbons (Fsp3) is 1.00. The molecule has 0 aliphatic rings. The van der Waals surface area contributed by atoms with Crippen LogP contribution in [0.1, 0.15) is 41.5 Å². The molecular formula is C15H35N3. The molecule has 0 aromatic heterocycles. The van der Waals surface area contributed by atoms with Gasteiger partial charge in [0, 0.05) is 44.3 Å². The third-order valence-electron chi connectivity index (χ3n) is 3.97. The summed E-state index contributed by atoms with van der Waals surface area (Å²) in [5, 5.41) is 0. The average molecular weight is 257 g/mol. The van der Waals surface area contributed by atoms with E-state index in [1.165, 1.54) is 0 Å². The van der Waals surface area contributed by atoms with Gasteiger partial charge in [-0.1, -0.05) is 0 Å². The van der Waals surface area contributed by atoms with Gasteiger partial charge in [0.05, 0.1) is 0 Å². The largest absolute Gasteiger partial charge is 0.303 e. The Morgan fingerprint density at radius 1 is 0.556 bits per heavy atom. The summed E-state index contributed by atoms with van der Waals surface area (Å²) < 4.78 is 0. The van der Waals surface area contributed by atoms with Gasteiger partial charge in [-0.15, -0.1) is 0 Å². The van der Waals surface area contributed by atoms with E-state index in [9.17, 15) is 0 Å². The molecule has 0 rings (SSSR count). The third-order valence-corrected chi connectivity index (χ3v) is 3.97. The van der Waals surface area contributed by atoms with Crippen molar-refractivity contribution >= 4 is 0 Å². The lowest BCUT2D eigenvalue weighted by Crippen LogP contribution is -2.43. The van der Waals surface area contributed by atoms with Crippen molar-refractivity contribution in [3.63, 3.8) is 0 Å². The van der Waals surface area contributed by atoms with Gasteiger partial charge in [0.15, 0.2) is 0 Å². The van der Waals surface area contributed by atoms with E-state index in [-0.39, 0.29) is 0 Å². The summed E-state index contributed by atoms with van der Waals surface area (Å²) in [6, 6.07) is 1.90. The maximum absolute atomic E-state index is 2.58. The van der Waals surface area contributed by atoms with Crippen LogP contribution in [0.3, 0.4) is 0 Å². The second kappa shape index (κ2) is 8.89. The highest BCUT2D eigenvalue weighted by atomic mass is 15.2. The molecule has 0 atom stereocenters. The molecule has 0 fully saturated rings. The normalized spacial score (nSPS) is 13.0. The molecule has 0 aromatic rings. The first-order valence-electron chi connectivity index (χ1n) is 7.40. The predicted molar refractivity (Wildman–Crippen MR) is 82.2 cm³/mol. The molecule has 0 bridgehead atoms. The molecule has 0 heterocycles. The van der Waals surface area contributed by atoms with Crippen LogP contribution in [0, 0.1) is 0 Å². The Hall–Kier alpha value is -0.120. The summed E-state index contributed by atoms with van der Waals surface area (Å²) in [5.74, 6) is 0. The van der Waals surface area contributed by atoms with Crippen molar-refractivity contribution in [1.82, 2.24) is 14.7 Å². The zero-order valence-corrected chi connectivity index (χ0v) is 13.9. The van der Waals surface area contributed by atoms with E-state index in [1.807, 2.05) is 0 Å². The number of rotatable bonds is 9. The first kappa shape index (κ1) is 17.9. The number of nitrogens with zero attached hydrogens (tertiary/aromatic N) is 3. The van der Waals surface area contributed by atoms with Crippen LogP contribution in [-0.4, -0.2) is 73.1 Å². The molecule has 3 heteroatoms. The van der Waals surface area contributed by atoms with Crippen molar-refractivity contribution in [2.75, 3.05) is 40.3 Å². The first-order valence-corrected chi connectivity index (χ1v) is 7.40. The minimum atomic E-state index is 0.631. The Balaban J connectivity index is 4.08. The molecular weight excluding hydrogens is 222 g/mol. The van der Waals surface area contributed by atoms with E-state index in [4.69, 9.17) is 0 Å². The fourth-order valence-corrected chi connectivity index (χ4v) is 1.72. The fourth-order valence-electron chi connectivity index (χ4n) is 1.72. The van der Waals surface area contributed by atoms with Gasteiger partial charge >= 0.3 is 0 Å². The molecule has 0 saturated carbocycles. The smallest absolute Gasteiger partial charge is 0.0113 e. The van der Waals surface area contributed by atoms with Crippen molar-refractivity contribution in [2.24, 2.45) is 0 Å². The lowest BCUT2D eigenvalue weighted by Gasteiger charge is -2.32. The number of hydrogen-bond acceptors (Lipinski definition) is 3. The Morgan fingerprint density at radius 3 is 1.11 bits per heavy atom. The van der Waals surface area contributed by atoms with Crippen LogP contribution in [0.2, 0.25) is 0 Å². The molecule has 0 aliphatic heterocycles. The molecule has 0 unspecified atom stereocenters. The zero-order valence-electron chi connectivity index (χ0n) is 13.9. The van der Waals surface area contributed by atoms with E-state index in [1.54, 1.807) is 0 Å². The molecule has 18 heavy (non-hydrogen) atoms. The minimum Gasteiger partial charge on any atom is -0.303 e. The number of hydrogen-bond donors (Lipinski definition) is 0. The van der Waals surface area contributed by atoms with Crippen LogP contribution in [-0.2, 0) is 0 Å². The summed E-state index contributed by atoms with van der Waals surface area (Å²) in [4.78, 5) is 7.42. The Morgan fingerprint density at radius 2 is 0.889 bits per heavy atom. The monoisotopic (exact) mass is 257 g/mol. The Labute approximate surface area is 115 Å². The molecule has 0 aromatic carbocycles. The van der Waals surface area contributed by atoms with E-state index in [2.05, 4.69) is 70.3 Å². The van der Waals surface area contributed by atoms with Gasteiger partial charge in [-0.05, 0) is 55.6 Å². The quantitative estimate of drug-likeness (QED) is 0.628. The van der Waals surface area contributed by atoms with Crippen LogP contribution in [0.5, 0.6) is 0 Å².